The van der Waals surface area contributed by atoms with Gasteiger partial charge in [0.05, 0.1) is 0 Å². The first-order valence-electron chi connectivity index (χ1n) is 7.40. The van der Waals surface area contributed by atoms with Crippen molar-refractivity contribution in [3.8, 4) is 0 Å². The highest BCUT2D eigenvalue weighted by Crippen LogP contribution is 2.60. The average molecular weight is 230 g/mol. The molecule has 0 heterocycles. The largest absolute Gasteiger partial charge is 0.0841 e. The topological polar surface area (TPSA) is 0 Å². The number of hydrogen-bond donors (Lipinski definition) is 0. The smallest absolute Gasteiger partial charge is 0.00770 e. The van der Waals surface area contributed by atoms with Crippen molar-refractivity contribution in [1.82, 2.24) is 0 Å². The monoisotopic (exact) mass is 230 g/mol. The van der Waals surface area contributed by atoms with Crippen LogP contribution in [0.15, 0.2) is 23.3 Å². The van der Waals surface area contributed by atoms with E-state index in [4.69, 9.17) is 0 Å². The molecule has 3 rings (SSSR count). The zero-order chi connectivity index (χ0) is 12.1. The second-order valence-corrected chi connectivity index (χ2v) is 7.31. The Morgan fingerprint density at radius 2 is 1.82 bits per heavy atom. The predicted octanol–water partition coefficient (Wildman–Crippen LogP) is 5.26. The van der Waals surface area contributed by atoms with E-state index in [0.717, 1.165) is 5.92 Å². The van der Waals surface area contributed by atoms with Crippen LogP contribution in [0.5, 0.6) is 0 Å². The average Bonchev–Trinajstić information content (AvgIpc) is 2.28. The Morgan fingerprint density at radius 1 is 1.06 bits per heavy atom. The van der Waals surface area contributed by atoms with Crippen molar-refractivity contribution in [2.24, 2.45) is 16.7 Å². The summed E-state index contributed by atoms with van der Waals surface area (Å²) in [5.41, 5.74) is 4.72. The van der Waals surface area contributed by atoms with E-state index in [9.17, 15) is 0 Å². The summed E-state index contributed by atoms with van der Waals surface area (Å²) in [6.07, 6.45) is 14.4. The first-order valence-corrected chi connectivity index (χ1v) is 7.40. The van der Waals surface area contributed by atoms with Gasteiger partial charge in [0.2, 0.25) is 0 Å². The fourth-order valence-electron chi connectivity index (χ4n) is 5.10. The molecule has 0 saturated heterocycles. The molecule has 0 heteroatoms. The molecule has 2 atom stereocenters. The summed E-state index contributed by atoms with van der Waals surface area (Å²) in [6.45, 7) is 7.60. The van der Waals surface area contributed by atoms with Gasteiger partial charge in [-0.05, 0) is 55.3 Å². The van der Waals surface area contributed by atoms with Crippen LogP contribution in [0.25, 0.3) is 0 Å². The normalized spacial score (nSPS) is 39.8. The molecule has 0 radical (unpaired) electrons. The van der Waals surface area contributed by atoms with Gasteiger partial charge in [0, 0.05) is 0 Å². The van der Waals surface area contributed by atoms with Gasteiger partial charge in [-0.15, -0.1) is 0 Å². The SMILES string of the molecule is CC1(C)CCC[C@]2(C)C3=C(CC=CC3)CCC12. The molecule has 0 aromatic rings. The van der Waals surface area contributed by atoms with Crippen molar-refractivity contribution in [3.63, 3.8) is 0 Å². The third-order valence-electron chi connectivity index (χ3n) is 5.93. The van der Waals surface area contributed by atoms with E-state index in [0.29, 0.717) is 10.8 Å². The highest BCUT2D eigenvalue weighted by molar-refractivity contribution is 5.34. The molecule has 0 N–H and O–H groups in total. The predicted molar refractivity (Wildman–Crippen MR) is 73.9 cm³/mol. The minimum absolute atomic E-state index is 0.528. The first-order chi connectivity index (χ1) is 8.04. The molecule has 0 aromatic carbocycles. The molecule has 0 bridgehead atoms. The van der Waals surface area contributed by atoms with E-state index in [1.807, 2.05) is 5.57 Å². The Bertz CT molecular complexity index is 383. The molecule has 0 spiro atoms. The number of rotatable bonds is 0. The Hall–Kier alpha value is -0.520. The summed E-state index contributed by atoms with van der Waals surface area (Å²) in [6, 6.07) is 0. The van der Waals surface area contributed by atoms with Crippen molar-refractivity contribution in [2.75, 3.05) is 0 Å². The van der Waals surface area contributed by atoms with E-state index in [2.05, 4.69) is 32.9 Å². The molecule has 0 aliphatic heterocycles. The van der Waals surface area contributed by atoms with Gasteiger partial charge in [-0.25, -0.2) is 0 Å². The lowest BCUT2D eigenvalue weighted by Crippen LogP contribution is -2.45. The van der Waals surface area contributed by atoms with Gasteiger partial charge in [-0.2, -0.15) is 0 Å². The second kappa shape index (κ2) is 3.73. The third-order valence-corrected chi connectivity index (χ3v) is 5.93. The Morgan fingerprint density at radius 3 is 2.65 bits per heavy atom. The van der Waals surface area contributed by atoms with E-state index in [-0.39, 0.29) is 0 Å². The maximum Gasteiger partial charge on any atom is -0.00770 e. The van der Waals surface area contributed by atoms with Crippen LogP contribution in [-0.4, -0.2) is 0 Å². The molecular formula is C17H26. The molecule has 1 saturated carbocycles. The standard InChI is InChI=1S/C17H26/c1-16(2)11-6-12-17(3)14-8-5-4-7-13(14)9-10-15(16)17/h4-5,15H,6-12H2,1-3H3/t15?,17-/m1/s1. The summed E-state index contributed by atoms with van der Waals surface area (Å²) >= 11 is 0. The van der Waals surface area contributed by atoms with Crippen LogP contribution in [0.3, 0.4) is 0 Å². The number of fused-ring (bicyclic) bond motifs is 2. The van der Waals surface area contributed by atoms with Gasteiger partial charge >= 0.3 is 0 Å². The van der Waals surface area contributed by atoms with Gasteiger partial charge in [0.25, 0.3) is 0 Å². The Labute approximate surface area is 106 Å². The molecule has 94 valence electrons. The van der Waals surface area contributed by atoms with Crippen molar-refractivity contribution >= 4 is 0 Å². The quantitative estimate of drug-likeness (QED) is 0.498. The molecule has 0 nitrogen and oxygen atoms in total. The van der Waals surface area contributed by atoms with E-state index < -0.39 is 0 Å². The van der Waals surface area contributed by atoms with Gasteiger partial charge < -0.3 is 0 Å². The number of hydrogen-bond acceptors (Lipinski definition) is 0. The van der Waals surface area contributed by atoms with E-state index in [1.165, 1.54) is 44.9 Å². The van der Waals surface area contributed by atoms with E-state index in [1.54, 1.807) is 5.57 Å². The molecule has 0 aromatic heterocycles. The van der Waals surface area contributed by atoms with Crippen molar-refractivity contribution in [2.45, 2.75) is 65.7 Å². The Balaban J connectivity index is 2.02. The number of allylic oxidation sites excluding steroid dienone is 4. The fraction of sp³-hybridized carbons (Fsp3) is 0.765. The van der Waals surface area contributed by atoms with Gasteiger partial charge in [-0.3, -0.25) is 0 Å². The molecule has 17 heavy (non-hydrogen) atoms. The minimum Gasteiger partial charge on any atom is -0.0841 e. The van der Waals surface area contributed by atoms with Gasteiger partial charge in [-0.1, -0.05) is 50.5 Å². The van der Waals surface area contributed by atoms with Gasteiger partial charge in [0.1, 0.15) is 0 Å². The van der Waals surface area contributed by atoms with Gasteiger partial charge in [0.15, 0.2) is 0 Å². The van der Waals surface area contributed by atoms with Crippen molar-refractivity contribution in [3.05, 3.63) is 23.3 Å². The first kappa shape index (κ1) is 11.6. The van der Waals surface area contributed by atoms with E-state index >= 15 is 0 Å². The summed E-state index contributed by atoms with van der Waals surface area (Å²) < 4.78 is 0. The maximum atomic E-state index is 2.58. The molecule has 3 aliphatic rings. The van der Waals surface area contributed by atoms with Crippen LogP contribution in [-0.2, 0) is 0 Å². The molecule has 0 amide bonds. The van der Waals surface area contributed by atoms with Crippen LogP contribution in [0, 0.1) is 16.7 Å². The molecule has 3 aliphatic carbocycles. The minimum atomic E-state index is 0.528. The Kier molecular flexibility index (Phi) is 2.54. The summed E-state index contributed by atoms with van der Waals surface area (Å²) in [5, 5.41) is 0. The lowest BCUT2D eigenvalue weighted by atomic mass is 9.49. The van der Waals surface area contributed by atoms with Crippen LogP contribution in [0.1, 0.15) is 65.7 Å². The zero-order valence-electron chi connectivity index (χ0n) is 11.7. The van der Waals surface area contributed by atoms with Crippen molar-refractivity contribution in [1.29, 1.82) is 0 Å². The summed E-state index contributed by atoms with van der Waals surface area (Å²) in [7, 11) is 0. The maximum absolute atomic E-state index is 2.58. The molecule has 1 fully saturated rings. The van der Waals surface area contributed by atoms with Crippen LogP contribution in [0.2, 0.25) is 0 Å². The van der Waals surface area contributed by atoms with Crippen LogP contribution in [0.4, 0.5) is 0 Å². The highest BCUT2D eigenvalue weighted by atomic mass is 14.5. The summed E-state index contributed by atoms with van der Waals surface area (Å²) in [4.78, 5) is 0. The van der Waals surface area contributed by atoms with Crippen LogP contribution >= 0.6 is 0 Å². The highest BCUT2D eigenvalue weighted by Gasteiger charge is 2.50. The zero-order valence-corrected chi connectivity index (χ0v) is 11.7. The third kappa shape index (κ3) is 1.63. The fourth-order valence-corrected chi connectivity index (χ4v) is 5.10. The lowest BCUT2D eigenvalue weighted by molar-refractivity contribution is 0.0108. The second-order valence-electron chi connectivity index (χ2n) is 7.31. The molecular weight excluding hydrogens is 204 g/mol. The molecule has 1 unspecified atom stereocenters. The van der Waals surface area contributed by atoms with Crippen LogP contribution < -0.4 is 0 Å². The van der Waals surface area contributed by atoms with Crippen molar-refractivity contribution < 1.29 is 0 Å². The lowest BCUT2D eigenvalue weighted by Gasteiger charge is -2.55. The summed E-state index contributed by atoms with van der Waals surface area (Å²) in [5.74, 6) is 0.925.